The lowest BCUT2D eigenvalue weighted by Gasteiger charge is -2.17. The van der Waals surface area contributed by atoms with Crippen LogP contribution in [0.4, 0.5) is 0 Å². The maximum atomic E-state index is 8.82. The molecule has 2 heteroatoms. The Hall–Kier alpha value is -1.33. The van der Waals surface area contributed by atoms with Crippen molar-refractivity contribution in [3.05, 3.63) is 34.9 Å². The normalized spacial score (nSPS) is 14.9. The topological polar surface area (TPSA) is 35.8 Å². The van der Waals surface area contributed by atoms with Crippen molar-refractivity contribution in [3.8, 4) is 6.07 Å². The second kappa shape index (κ2) is 2.96. The summed E-state index contributed by atoms with van der Waals surface area (Å²) in [5, 5.41) is 12.1. The molecule has 2 rings (SSSR count). The quantitative estimate of drug-likeness (QED) is 0.616. The Kier molecular flexibility index (Phi) is 1.81. The maximum Gasteiger partial charge on any atom is 0.0994 e. The molecule has 0 saturated heterocycles. The van der Waals surface area contributed by atoms with Crippen LogP contribution in [0.15, 0.2) is 18.2 Å². The van der Waals surface area contributed by atoms with Crippen molar-refractivity contribution in [2.75, 3.05) is 6.54 Å². The second-order valence-electron chi connectivity index (χ2n) is 2.98. The summed E-state index contributed by atoms with van der Waals surface area (Å²) in [4.78, 5) is 0. The van der Waals surface area contributed by atoms with Gasteiger partial charge in [0.1, 0.15) is 0 Å². The van der Waals surface area contributed by atoms with E-state index in [0.717, 1.165) is 25.1 Å². The van der Waals surface area contributed by atoms with Gasteiger partial charge in [-0.2, -0.15) is 5.26 Å². The molecule has 1 aliphatic heterocycles. The molecule has 0 bridgehead atoms. The maximum absolute atomic E-state index is 8.82. The van der Waals surface area contributed by atoms with Crippen LogP contribution in [0.1, 0.15) is 16.7 Å². The highest BCUT2D eigenvalue weighted by Crippen LogP contribution is 2.17. The Labute approximate surface area is 71.8 Å². The zero-order chi connectivity index (χ0) is 8.39. The van der Waals surface area contributed by atoms with Crippen molar-refractivity contribution >= 4 is 0 Å². The van der Waals surface area contributed by atoms with E-state index in [0.29, 0.717) is 0 Å². The number of nitrogens with zero attached hydrogens (tertiary/aromatic N) is 1. The SMILES string of the molecule is N#Cc1cccc2c1CCNC2. The van der Waals surface area contributed by atoms with E-state index in [1.54, 1.807) is 0 Å². The summed E-state index contributed by atoms with van der Waals surface area (Å²) < 4.78 is 0. The van der Waals surface area contributed by atoms with Gasteiger partial charge in [-0.1, -0.05) is 12.1 Å². The number of hydrogen-bond donors (Lipinski definition) is 1. The molecule has 0 radical (unpaired) electrons. The Morgan fingerprint density at radius 2 is 2.33 bits per heavy atom. The highest BCUT2D eigenvalue weighted by molar-refractivity contribution is 5.43. The van der Waals surface area contributed by atoms with Crippen molar-refractivity contribution in [1.82, 2.24) is 5.32 Å². The summed E-state index contributed by atoms with van der Waals surface area (Å²) in [6.07, 6.45) is 0.985. The van der Waals surface area contributed by atoms with E-state index in [9.17, 15) is 0 Å². The van der Waals surface area contributed by atoms with Gasteiger partial charge in [0.2, 0.25) is 0 Å². The summed E-state index contributed by atoms with van der Waals surface area (Å²) in [5.41, 5.74) is 3.35. The van der Waals surface area contributed by atoms with Crippen LogP contribution in [-0.2, 0) is 13.0 Å². The lowest BCUT2D eigenvalue weighted by molar-refractivity contribution is 0.643. The van der Waals surface area contributed by atoms with Crippen LogP contribution >= 0.6 is 0 Å². The summed E-state index contributed by atoms with van der Waals surface area (Å²) in [6.45, 7) is 1.90. The van der Waals surface area contributed by atoms with E-state index in [4.69, 9.17) is 5.26 Å². The van der Waals surface area contributed by atoms with Crippen LogP contribution in [0.5, 0.6) is 0 Å². The van der Waals surface area contributed by atoms with Gasteiger partial charge in [-0.15, -0.1) is 0 Å². The van der Waals surface area contributed by atoms with Crippen LogP contribution in [-0.4, -0.2) is 6.54 Å². The molecule has 0 aromatic heterocycles. The highest BCUT2D eigenvalue weighted by Gasteiger charge is 2.11. The van der Waals surface area contributed by atoms with E-state index < -0.39 is 0 Å². The number of benzene rings is 1. The van der Waals surface area contributed by atoms with Gasteiger partial charge in [-0.25, -0.2) is 0 Å². The first-order valence-corrected chi connectivity index (χ1v) is 4.13. The molecule has 0 saturated carbocycles. The fraction of sp³-hybridized carbons (Fsp3) is 0.300. The number of hydrogen-bond acceptors (Lipinski definition) is 2. The minimum absolute atomic E-state index is 0.842. The Balaban J connectivity index is 2.53. The van der Waals surface area contributed by atoms with Crippen LogP contribution in [0.3, 0.4) is 0 Å². The summed E-state index contributed by atoms with van der Waals surface area (Å²) in [7, 11) is 0. The van der Waals surface area contributed by atoms with Gasteiger partial charge in [0.15, 0.2) is 0 Å². The van der Waals surface area contributed by atoms with Gasteiger partial charge < -0.3 is 5.32 Å². The molecule has 0 amide bonds. The average Bonchev–Trinajstić information content (AvgIpc) is 2.17. The van der Waals surface area contributed by atoms with E-state index in [2.05, 4.69) is 17.5 Å². The molecular weight excluding hydrogens is 148 g/mol. The summed E-state index contributed by atoms with van der Waals surface area (Å²) >= 11 is 0. The molecular formula is C10H10N2. The van der Waals surface area contributed by atoms with Gasteiger partial charge >= 0.3 is 0 Å². The fourth-order valence-corrected chi connectivity index (χ4v) is 1.64. The minimum atomic E-state index is 0.842. The third kappa shape index (κ3) is 1.09. The first-order chi connectivity index (χ1) is 5.92. The molecule has 1 aromatic rings. The minimum Gasteiger partial charge on any atom is -0.312 e. The molecule has 12 heavy (non-hydrogen) atoms. The summed E-state index contributed by atoms with van der Waals surface area (Å²) in [6, 6.07) is 8.15. The van der Waals surface area contributed by atoms with E-state index >= 15 is 0 Å². The standard InChI is InChI=1S/C10H10N2/c11-6-8-2-1-3-9-7-12-5-4-10(8)9/h1-3,12H,4-5,7H2. The first-order valence-electron chi connectivity index (χ1n) is 4.13. The summed E-state index contributed by atoms with van der Waals surface area (Å²) in [5.74, 6) is 0. The van der Waals surface area contributed by atoms with E-state index in [-0.39, 0.29) is 0 Å². The fourth-order valence-electron chi connectivity index (χ4n) is 1.64. The molecule has 1 heterocycles. The van der Waals surface area contributed by atoms with Crippen LogP contribution in [0.2, 0.25) is 0 Å². The van der Waals surface area contributed by atoms with Crippen molar-refractivity contribution in [3.63, 3.8) is 0 Å². The lowest BCUT2D eigenvalue weighted by atomic mass is 9.96. The zero-order valence-corrected chi connectivity index (χ0v) is 6.80. The third-order valence-electron chi connectivity index (χ3n) is 2.26. The Bertz CT molecular complexity index is 336. The second-order valence-corrected chi connectivity index (χ2v) is 2.98. The average molecular weight is 158 g/mol. The number of nitriles is 1. The van der Waals surface area contributed by atoms with Crippen LogP contribution < -0.4 is 5.32 Å². The van der Waals surface area contributed by atoms with Gasteiger partial charge in [0.05, 0.1) is 11.6 Å². The molecule has 0 fully saturated rings. The largest absolute Gasteiger partial charge is 0.312 e. The van der Waals surface area contributed by atoms with Gasteiger partial charge in [0.25, 0.3) is 0 Å². The van der Waals surface area contributed by atoms with Crippen molar-refractivity contribution in [2.24, 2.45) is 0 Å². The molecule has 1 N–H and O–H groups in total. The molecule has 0 unspecified atom stereocenters. The monoisotopic (exact) mass is 158 g/mol. The molecule has 0 aliphatic carbocycles. The van der Waals surface area contributed by atoms with Crippen LogP contribution in [0, 0.1) is 11.3 Å². The van der Waals surface area contributed by atoms with Gasteiger partial charge in [-0.05, 0) is 30.2 Å². The Morgan fingerprint density at radius 3 is 3.17 bits per heavy atom. The molecule has 0 spiro atoms. The number of rotatable bonds is 0. The predicted octanol–water partition coefficient (Wildman–Crippen LogP) is 1.20. The Morgan fingerprint density at radius 1 is 1.42 bits per heavy atom. The molecule has 0 atom stereocenters. The third-order valence-corrected chi connectivity index (χ3v) is 2.26. The van der Waals surface area contributed by atoms with Crippen molar-refractivity contribution in [1.29, 1.82) is 5.26 Å². The highest BCUT2D eigenvalue weighted by atomic mass is 14.9. The van der Waals surface area contributed by atoms with Crippen molar-refractivity contribution in [2.45, 2.75) is 13.0 Å². The van der Waals surface area contributed by atoms with Gasteiger partial charge in [-0.3, -0.25) is 0 Å². The van der Waals surface area contributed by atoms with Crippen LogP contribution in [0.25, 0.3) is 0 Å². The van der Waals surface area contributed by atoms with E-state index in [1.165, 1.54) is 11.1 Å². The lowest BCUT2D eigenvalue weighted by Crippen LogP contribution is -2.24. The zero-order valence-electron chi connectivity index (χ0n) is 6.80. The molecule has 1 aromatic carbocycles. The van der Waals surface area contributed by atoms with Crippen molar-refractivity contribution < 1.29 is 0 Å². The van der Waals surface area contributed by atoms with E-state index in [1.807, 2.05) is 12.1 Å². The predicted molar refractivity (Wildman–Crippen MR) is 46.6 cm³/mol. The number of fused-ring (bicyclic) bond motifs is 1. The smallest absolute Gasteiger partial charge is 0.0994 e. The van der Waals surface area contributed by atoms with Gasteiger partial charge in [0, 0.05) is 6.54 Å². The molecule has 1 aliphatic rings. The molecule has 60 valence electrons. The first kappa shape index (κ1) is 7.33. The molecule has 2 nitrogen and oxygen atoms in total. The number of nitrogens with one attached hydrogen (secondary N) is 1.